The molecule has 3 aromatic rings. The Morgan fingerprint density at radius 2 is 1.81 bits per heavy atom. The molecule has 1 aliphatic heterocycles. The number of hydrogen-bond donors (Lipinski definition) is 1. The largest absolute Gasteiger partial charge is 0.496 e. The fourth-order valence-electron chi connectivity index (χ4n) is 5.01. The van der Waals surface area contributed by atoms with Gasteiger partial charge in [0.15, 0.2) is 0 Å². The third-order valence-corrected chi connectivity index (χ3v) is 6.71. The SMILES string of the molecule is COC(=O)c1ccc(C2CN(CC(F)(F)F)CCN2Cc2c(OC)cc(C)c3c2ccn3C(=O)O)cc1. The molecule has 1 saturated heterocycles. The average Bonchev–Trinajstić information content (AvgIpc) is 3.31. The van der Waals surface area contributed by atoms with Crippen LogP contribution < -0.4 is 4.74 Å². The summed E-state index contributed by atoms with van der Waals surface area (Å²) in [6.07, 6.45) is -3.96. The zero-order chi connectivity index (χ0) is 26.9. The minimum absolute atomic E-state index is 0.130. The zero-order valence-corrected chi connectivity index (χ0v) is 20.7. The number of nitrogens with zero attached hydrogens (tertiary/aromatic N) is 3. The first-order valence-electron chi connectivity index (χ1n) is 11.6. The van der Waals surface area contributed by atoms with Crippen molar-refractivity contribution in [3.8, 4) is 5.75 Å². The summed E-state index contributed by atoms with van der Waals surface area (Å²) in [4.78, 5) is 27.1. The van der Waals surface area contributed by atoms with Crippen LogP contribution in [0.1, 0.15) is 33.1 Å². The van der Waals surface area contributed by atoms with Crippen LogP contribution >= 0.6 is 0 Å². The minimum Gasteiger partial charge on any atom is -0.496 e. The van der Waals surface area contributed by atoms with E-state index in [1.807, 2.05) is 0 Å². The second-order valence-corrected chi connectivity index (χ2v) is 9.06. The van der Waals surface area contributed by atoms with Crippen LogP contribution in [-0.2, 0) is 11.3 Å². The van der Waals surface area contributed by atoms with Gasteiger partial charge >= 0.3 is 18.2 Å². The van der Waals surface area contributed by atoms with E-state index in [0.717, 1.165) is 21.3 Å². The number of carbonyl (C=O) groups is 2. The summed E-state index contributed by atoms with van der Waals surface area (Å²) in [6, 6.07) is 9.73. The average molecular weight is 520 g/mol. The quantitative estimate of drug-likeness (QED) is 0.473. The lowest BCUT2D eigenvalue weighted by atomic mass is 9.98. The van der Waals surface area contributed by atoms with E-state index in [2.05, 4.69) is 4.90 Å². The number of esters is 1. The van der Waals surface area contributed by atoms with Crippen LogP contribution in [0, 0.1) is 6.92 Å². The summed E-state index contributed by atoms with van der Waals surface area (Å²) >= 11 is 0. The van der Waals surface area contributed by atoms with Gasteiger partial charge in [-0.2, -0.15) is 13.2 Å². The van der Waals surface area contributed by atoms with Crippen molar-refractivity contribution in [1.29, 1.82) is 0 Å². The maximum atomic E-state index is 13.2. The van der Waals surface area contributed by atoms with Gasteiger partial charge < -0.3 is 14.6 Å². The Kier molecular flexibility index (Phi) is 7.47. The molecule has 2 aromatic carbocycles. The van der Waals surface area contributed by atoms with Gasteiger partial charge in [-0.15, -0.1) is 0 Å². The molecule has 198 valence electrons. The lowest BCUT2D eigenvalue weighted by Crippen LogP contribution is -2.50. The van der Waals surface area contributed by atoms with Gasteiger partial charge in [0.1, 0.15) is 5.75 Å². The number of rotatable bonds is 6. The van der Waals surface area contributed by atoms with Crippen molar-refractivity contribution < 1.29 is 37.3 Å². The Labute approximate surface area is 211 Å². The van der Waals surface area contributed by atoms with Crippen molar-refractivity contribution in [2.24, 2.45) is 0 Å². The normalized spacial score (nSPS) is 17.2. The predicted molar refractivity (Wildman–Crippen MR) is 130 cm³/mol. The van der Waals surface area contributed by atoms with Gasteiger partial charge in [-0.25, -0.2) is 9.59 Å². The van der Waals surface area contributed by atoms with Crippen molar-refractivity contribution >= 4 is 23.0 Å². The van der Waals surface area contributed by atoms with Crippen LogP contribution in [0.3, 0.4) is 0 Å². The highest BCUT2D eigenvalue weighted by Gasteiger charge is 2.36. The van der Waals surface area contributed by atoms with E-state index in [-0.39, 0.29) is 13.1 Å². The highest BCUT2D eigenvalue weighted by Crippen LogP contribution is 2.36. The van der Waals surface area contributed by atoms with E-state index in [0.29, 0.717) is 35.3 Å². The van der Waals surface area contributed by atoms with Crippen molar-refractivity contribution in [3.63, 3.8) is 0 Å². The highest BCUT2D eigenvalue weighted by molar-refractivity contribution is 5.94. The standard InChI is InChI=1S/C26H28F3N3O5/c1-16-12-22(36-2)20(19-8-9-32(23(16)19)25(34)35)13-31-11-10-30(15-26(27,28)29)14-21(31)17-4-6-18(7-5-17)24(33)37-3/h4-9,12,21H,10-11,13-15H2,1-3H3,(H,34,35). The number of hydrogen-bond acceptors (Lipinski definition) is 6. The number of carbonyl (C=O) groups excluding carboxylic acids is 1. The third kappa shape index (κ3) is 5.57. The fourth-order valence-corrected chi connectivity index (χ4v) is 5.01. The van der Waals surface area contributed by atoms with E-state index < -0.39 is 30.8 Å². The number of halogens is 3. The van der Waals surface area contributed by atoms with Crippen LogP contribution in [0.25, 0.3) is 10.9 Å². The van der Waals surface area contributed by atoms with Gasteiger partial charge in [0.05, 0.1) is 31.8 Å². The number of carboxylic acid groups (broad SMARTS) is 1. The molecule has 1 aliphatic rings. The first kappa shape index (κ1) is 26.5. The second-order valence-electron chi connectivity index (χ2n) is 9.06. The van der Waals surface area contributed by atoms with Crippen molar-refractivity contribution in [1.82, 2.24) is 14.4 Å². The Bertz CT molecular complexity index is 1300. The Hall–Kier alpha value is -3.57. The van der Waals surface area contributed by atoms with Gasteiger partial charge in [0.25, 0.3) is 0 Å². The molecule has 1 fully saturated rings. The minimum atomic E-state index is -4.33. The number of aromatic nitrogens is 1. The molecular weight excluding hydrogens is 491 g/mol. The number of alkyl halides is 3. The van der Waals surface area contributed by atoms with E-state index in [1.54, 1.807) is 43.3 Å². The van der Waals surface area contributed by atoms with Crippen molar-refractivity contribution in [3.05, 3.63) is 64.8 Å². The number of fused-ring (bicyclic) bond motifs is 1. The molecule has 1 unspecified atom stereocenters. The van der Waals surface area contributed by atoms with E-state index in [9.17, 15) is 27.9 Å². The number of piperazine rings is 1. The van der Waals surface area contributed by atoms with Gasteiger partial charge in [0.2, 0.25) is 0 Å². The van der Waals surface area contributed by atoms with E-state index in [1.165, 1.54) is 25.3 Å². The van der Waals surface area contributed by atoms with Gasteiger partial charge in [-0.1, -0.05) is 12.1 Å². The third-order valence-electron chi connectivity index (χ3n) is 6.71. The summed E-state index contributed by atoms with van der Waals surface area (Å²) in [5.41, 5.74) is 3.12. The molecule has 1 atom stereocenters. The molecule has 8 nitrogen and oxygen atoms in total. The van der Waals surface area contributed by atoms with Gasteiger partial charge in [-0.3, -0.25) is 14.4 Å². The number of ether oxygens (including phenoxy) is 2. The van der Waals surface area contributed by atoms with Crippen LogP contribution in [0.4, 0.5) is 18.0 Å². The molecule has 4 rings (SSSR count). The Morgan fingerprint density at radius 3 is 2.41 bits per heavy atom. The van der Waals surface area contributed by atoms with Gasteiger partial charge in [0, 0.05) is 49.4 Å². The summed E-state index contributed by atoms with van der Waals surface area (Å²) in [7, 11) is 2.81. The van der Waals surface area contributed by atoms with Crippen LogP contribution in [0.2, 0.25) is 0 Å². The number of benzene rings is 2. The number of aryl methyl sites for hydroxylation is 1. The smallest absolute Gasteiger partial charge is 0.416 e. The summed E-state index contributed by atoms with van der Waals surface area (Å²) < 4.78 is 51.1. The predicted octanol–water partition coefficient (Wildman–Crippen LogP) is 4.69. The topological polar surface area (TPSA) is 84.2 Å². The maximum Gasteiger partial charge on any atom is 0.416 e. The Balaban J connectivity index is 1.73. The first-order chi connectivity index (χ1) is 17.5. The summed E-state index contributed by atoms with van der Waals surface area (Å²) in [6.45, 7) is 1.80. The van der Waals surface area contributed by atoms with E-state index in [4.69, 9.17) is 9.47 Å². The molecule has 1 aromatic heterocycles. The first-order valence-corrected chi connectivity index (χ1v) is 11.6. The van der Waals surface area contributed by atoms with Crippen LogP contribution in [0.5, 0.6) is 5.75 Å². The lowest BCUT2D eigenvalue weighted by Gasteiger charge is -2.42. The molecule has 0 radical (unpaired) electrons. The molecule has 0 spiro atoms. The number of methoxy groups -OCH3 is 2. The molecule has 2 heterocycles. The highest BCUT2D eigenvalue weighted by atomic mass is 19.4. The van der Waals surface area contributed by atoms with Crippen LogP contribution in [-0.4, -0.2) is 78.1 Å². The Morgan fingerprint density at radius 1 is 1.11 bits per heavy atom. The lowest BCUT2D eigenvalue weighted by molar-refractivity contribution is -0.152. The second kappa shape index (κ2) is 10.4. The van der Waals surface area contributed by atoms with E-state index >= 15 is 0 Å². The molecule has 37 heavy (non-hydrogen) atoms. The molecule has 0 bridgehead atoms. The molecule has 11 heteroatoms. The molecule has 0 saturated carbocycles. The summed E-state index contributed by atoms with van der Waals surface area (Å²) in [5.74, 6) is 0.0751. The maximum absolute atomic E-state index is 13.2. The zero-order valence-electron chi connectivity index (χ0n) is 20.7. The molecular formula is C26H28F3N3O5. The fraction of sp³-hybridized carbons (Fsp3) is 0.385. The summed E-state index contributed by atoms with van der Waals surface area (Å²) in [5, 5.41) is 10.3. The molecule has 0 aliphatic carbocycles. The molecule has 1 N–H and O–H groups in total. The van der Waals surface area contributed by atoms with Gasteiger partial charge in [-0.05, 0) is 42.3 Å². The monoisotopic (exact) mass is 519 g/mol. The van der Waals surface area contributed by atoms with Crippen LogP contribution in [0.15, 0.2) is 42.6 Å². The van der Waals surface area contributed by atoms with Crippen molar-refractivity contribution in [2.75, 3.05) is 40.4 Å². The molecule has 0 amide bonds. The van der Waals surface area contributed by atoms with Crippen molar-refractivity contribution in [2.45, 2.75) is 25.7 Å².